The second-order valence-corrected chi connectivity index (χ2v) is 6.79. The van der Waals surface area contributed by atoms with Crippen LogP contribution in [0.15, 0.2) is 57.7 Å². The van der Waals surface area contributed by atoms with E-state index in [4.69, 9.17) is 9.15 Å². The van der Waals surface area contributed by atoms with Crippen LogP contribution in [-0.4, -0.2) is 21.9 Å². The number of fused-ring (bicyclic) bond motifs is 3. The van der Waals surface area contributed by atoms with Crippen LogP contribution in [0.4, 0.5) is 0 Å². The molecule has 0 unspecified atom stereocenters. The molecule has 0 aliphatic carbocycles. The molecule has 4 rings (SSSR count). The Balaban J connectivity index is 2.01. The quantitative estimate of drug-likeness (QED) is 0.713. The van der Waals surface area contributed by atoms with Crippen molar-refractivity contribution < 1.29 is 19.4 Å². The minimum atomic E-state index is -1.21. The van der Waals surface area contributed by atoms with E-state index < -0.39 is 17.8 Å². The minimum Gasteiger partial charge on any atom is -0.485 e. The van der Waals surface area contributed by atoms with Crippen LogP contribution in [0.3, 0.4) is 0 Å². The van der Waals surface area contributed by atoms with Crippen LogP contribution < -0.4 is 10.2 Å². The standard InChI is InChI=1S/C20H18O5/c1-20(2)19(23)17(22)16-14(25-20)9-8-12-13(21)10-15(24-18(12)16)11-6-4-3-5-7-11/h3-10,17,19,22-23H,1-2H3/t17-,19-/m1/s1. The second kappa shape index (κ2) is 5.44. The number of benzene rings is 2. The smallest absolute Gasteiger partial charge is 0.193 e. The fraction of sp³-hybridized carbons (Fsp3) is 0.250. The summed E-state index contributed by atoms with van der Waals surface area (Å²) in [4.78, 5) is 12.5. The third-order valence-electron chi connectivity index (χ3n) is 4.63. The highest BCUT2D eigenvalue weighted by atomic mass is 16.5. The number of rotatable bonds is 1. The maximum atomic E-state index is 12.5. The summed E-state index contributed by atoms with van der Waals surface area (Å²) < 4.78 is 11.8. The summed E-state index contributed by atoms with van der Waals surface area (Å²) in [6.45, 7) is 3.40. The highest BCUT2D eigenvalue weighted by Crippen LogP contribution is 2.43. The Morgan fingerprint density at radius 3 is 2.48 bits per heavy atom. The van der Waals surface area contributed by atoms with Crippen molar-refractivity contribution in [3.05, 3.63) is 64.3 Å². The van der Waals surface area contributed by atoms with Gasteiger partial charge in [0.1, 0.15) is 34.9 Å². The van der Waals surface area contributed by atoms with E-state index in [-0.39, 0.29) is 11.0 Å². The van der Waals surface area contributed by atoms with Crippen molar-refractivity contribution in [2.75, 3.05) is 0 Å². The molecule has 0 saturated heterocycles. The van der Waals surface area contributed by atoms with E-state index in [2.05, 4.69) is 0 Å². The van der Waals surface area contributed by atoms with Gasteiger partial charge in [-0.1, -0.05) is 30.3 Å². The molecule has 2 atom stereocenters. The number of aliphatic hydroxyl groups is 2. The van der Waals surface area contributed by atoms with Gasteiger partial charge in [-0.05, 0) is 26.0 Å². The zero-order valence-corrected chi connectivity index (χ0v) is 13.9. The third-order valence-corrected chi connectivity index (χ3v) is 4.63. The lowest BCUT2D eigenvalue weighted by Gasteiger charge is -2.40. The lowest BCUT2D eigenvalue weighted by molar-refractivity contribution is -0.111. The minimum absolute atomic E-state index is 0.213. The molecule has 0 fully saturated rings. The molecule has 2 heterocycles. The summed E-state index contributed by atoms with van der Waals surface area (Å²) in [6, 6.07) is 13.9. The topological polar surface area (TPSA) is 79.9 Å². The molecule has 128 valence electrons. The summed E-state index contributed by atoms with van der Waals surface area (Å²) >= 11 is 0. The first-order valence-electron chi connectivity index (χ1n) is 8.10. The molecular formula is C20H18O5. The molecule has 25 heavy (non-hydrogen) atoms. The molecule has 0 bridgehead atoms. The van der Waals surface area contributed by atoms with Crippen LogP contribution in [0.5, 0.6) is 5.75 Å². The largest absolute Gasteiger partial charge is 0.485 e. The van der Waals surface area contributed by atoms with Gasteiger partial charge in [-0.25, -0.2) is 0 Å². The van der Waals surface area contributed by atoms with Crippen molar-refractivity contribution in [2.24, 2.45) is 0 Å². The van der Waals surface area contributed by atoms with Gasteiger partial charge < -0.3 is 19.4 Å². The highest BCUT2D eigenvalue weighted by Gasteiger charge is 2.43. The van der Waals surface area contributed by atoms with Gasteiger partial charge in [0.25, 0.3) is 0 Å². The van der Waals surface area contributed by atoms with Crippen LogP contribution in [0, 0.1) is 0 Å². The summed E-state index contributed by atoms with van der Waals surface area (Å²) in [5, 5.41) is 21.3. The zero-order valence-electron chi connectivity index (χ0n) is 13.9. The molecule has 0 amide bonds. The van der Waals surface area contributed by atoms with E-state index >= 15 is 0 Å². The third kappa shape index (κ3) is 2.44. The van der Waals surface area contributed by atoms with E-state index in [1.807, 2.05) is 30.3 Å². The molecule has 2 aromatic carbocycles. The number of hydrogen-bond acceptors (Lipinski definition) is 5. The number of aliphatic hydroxyl groups excluding tert-OH is 2. The first-order valence-corrected chi connectivity index (χ1v) is 8.10. The Morgan fingerprint density at radius 1 is 1.04 bits per heavy atom. The van der Waals surface area contributed by atoms with Crippen LogP contribution in [0.2, 0.25) is 0 Å². The molecule has 5 heteroatoms. The van der Waals surface area contributed by atoms with Crippen LogP contribution in [0.25, 0.3) is 22.3 Å². The van der Waals surface area contributed by atoms with E-state index in [1.54, 1.807) is 26.0 Å². The van der Waals surface area contributed by atoms with Crippen molar-refractivity contribution >= 4 is 11.0 Å². The SMILES string of the molecule is CC1(C)Oc2ccc3c(=O)cc(-c4ccccc4)oc3c2[C@@H](O)[C@H]1O. The second-order valence-electron chi connectivity index (χ2n) is 6.79. The monoisotopic (exact) mass is 338 g/mol. The molecule has 2 N–H and O–H groups in total. The van der Waals surface area contributed by atoms with Crippen LogP contribution in [-0.2, 0) is 0 Å². The van der Waals surface area contributed by atoms with Gasteiger partial charge in [-0.2, -0.15) is 0 Å². The molecule has 0 spiro atoms. The molecule has 1 aliphatic rings. The van der Waals surface area contributed by atoms with Gasteiger partial charge in [0.05, 0.1) is 10.9 Å². The van der Waals surface area contributed by atoms with Crippen molar-refractivity contribution in [3.8, 4) is 17.1 Å². The van der Waals surface area contributed by atoms with Crippen molar-refractivity contribution in [1.29, 1.82) is 0 Å². The molecule has 1 aromatic heterocycles. The first kappa shape index (κ1) is 15.9. The van der Waals surface area contributed by atoms with Crippen LogP contribution >= 0.6 is 0 Å². The Labute approximate surface area is 144 Å². The summed E-state index contributed by atoms with van der Waals surface area (Å²) in [5.41, 5.74) is 0.142. The van der Waals surface area contributed by atoms with Gasteiger partial charge in [0, 0.05) is 11.6 Å². The Hall–Kier alpha value is -2.63. The van der Waals surface area contributed by atoms with E-state index in [9.17, 15) is 15.0 Å². The van der Waals surface area contributed by atoms with Gasteiger partial charge >= 0.3 is 0 Å². The summed E-state index contributed by atoms with van der Waals surface area (Å²) in [6.07, 6.45) is -2.35. The molecule has 5 nitrogen and oxygen atoms in total. The number of ether oxygens (including phenoxy) is 1. The average molecular weight is 338 g/mol. The summed E-state index contributed by atoms with van der Waals surface area (Å²) in [5.74, 6) is 0.807. The maximum Gasteiger partial charge on any atom is 0.193 e. The molecule has 0 radical (unpaired) electrons. The normalized spacial score (nSPS) is 21.6. The van der Waals surface area contributed by atoms with E-state index in [1.165, 1.54) is 6.07 Å². The van der Waals surface area contributed by atoms with Gasteiger partial charge in [0.2, 0.25) is 0 Å². The van der Waals surface area contributed by atoms with Crippen molar-refractivity contribution in [2.45, 2.75) is 31.7 Å². The van der Waals surface area contributed by atoms with E-state index in [0.717, 1.165) is 5.56 Å². The fourth-order valence-electron chi connectivity index (χ4n) is 3.22. The van der Waals surface area contributed by atoms with E-state index in [0.29, 0.717) is 22.5 Å². The zero-order chi connectivity index (χ0) is 17.8. The average Bonchev–Trinajstić information content (AvgIpc) is 2.59. The molecule has 0 saturated carbocycles. The lowest BCUT2D eigenvalue weighted by atomic mass is 9.87. The number of hydrogen-bond donors (Lipinski definition) is 2. The molecular weight excluding hydrogens is 320 g/mol. The Kier molecular flexibility index (Phi) is 3.45. The van der Waals surface area contributed by atoms with Crippen LogP contribution in [0.1, 0.15) is 25.5 Å². The lowest BCUT2D eigenvalue weighted by Crippen LogP contribution is -2.48. The highest BCUT2D eigenvalue weighted by molar-refractivity contribution is 5.84. The molecule has 3 aromatic rings. The Bertz CT molecular complexity index is 1000. The summed E-state index contributed by atoms with van der Waals surface area (Å²) in [7, 11) is 0. The predicted octanol–water partition coefficient (Wildman–Crippen LogP) is 3.03. The molecule has 1 aliphatic heterocycles. The van der Waals surface area contributed by atoms with Gasteiger partial charge in [0.15, 0.2) is 5.43 Å². The predicted molar refractivity (Wildman–Crippen MR) is 93.6 cm³/mol. The van der Waals surface area contributed by atoms with Crippen molar-refractivity contribution in [1.82, 2.24) is 0 Å². The first-order chi connectivity index (χ1) is 11.9. The Morgan fingerprint density at radius 2 is 1.76 bits per heavy atom. The fourth-order valence-corrected chi connectivity index (χ4v) is 3.22. The van der Waals surface area contributed by atoms with Crippen molar-refractivity contribution in [3.63, 3.8) is 0 Å². The maximum absolute atomic E-state index is 12.5. The van der Waals surface area contributed by atoms with Gasteiger partial charge in [-0.3, -0.25) is 4.79 Å². The van der Waals surface area contributed by atoms with Gasteiger partial charge in [-0.15, -0.1) is 0 Å².